The van der Waals surface area contributed by atoms with E-state index < -0.39 is 0 Å². The number of hydrogen-bond acceptors (Lipinski definition) is 0. The Kier molecular flexibility index (Phi) is 5.78. The molecule has 0 saturated heterocycles. The molecule has 0 fully saturated rings. The van der Waals surface area contributed by atoms with Crippen molar-refractivity contribution < 1.29 is 0 Å². The van der Waals surface area contributed by atoms with Crippen LogP contribution in [0.1, 0.15) is 67.7 Å². The van der Waals surface area contributed by atoms with Crippen molar-refractivity contribution in [2.75, 3.05) is 0 Å². The van der Waals surface area contributed by atoms with Crippen LogP contribution in [0, 0.1) is 23.2 Å². The molecule has 0 nitrogen and oxygen atoms in total. The van der Waals surface area contributed by atoms with Crippen molar-refractivity contribution in [3.63, 3.8) is 0 Å². The van der Waals surface area contributed by atoms with Crippen LogP contribution in [0.15, 0.2) is 0 Å². The van der Waals surface area contributed by atoms with Gasteiger partial charge in [0.25, 0.3) is 0 Å². The molecule has 0 heterocycles. The van der Waals surface area contributed by atoms with E-state index in [9.17, 15) is 0 Å². The molecule has 0 saturated carbocycles. The quantitative estimate of drug-likeness (QED) is 0.574. The second kappa shape index (κ2) is 5.78. The second-order valence-corrected chi connectivity index (χ2v) is 6.11. The molecule has 0 aromatic rings. The minimum atomic E-state index is 0.471. The summed E-state index contributed by atoms with van der Waals surface area (Å²) in [7, 11) is 0. The zero-order valence-corrected chi connectivity index (χ0v) is 11.4. The van der Waals surface area contributed by atoms with Gasteiger partial charge in [-0.2, -0.15) is 0 Å². The van der Waals surface area contributed by atoms with Gasteiger partial charge in [0.2, 0.25) is 0 Å². The first-order valence-corrected chi connectivity index (χ1v) is 6.32. The maximum Gasteiger partial charge on any atom is -0.0337 e. The third-order valence-corrected chi connectivity index (χ3v) is 3.80. The summed E-state index contributed by atoms with van der Waals surface area (Å²) in [5.41, 5.74) is 0.471. The van der Waals surface area contributed by atoms with Gasteiger partial charge in [-0.05, 0) is 29.6 Å². The Balaban J connectivity index is 4.41. The zero-order chi connectivity index (χ0) is 11.4. The van der Waals surface area contributed by atoms with Crippen molar-refractivity contribution in [3.05, 3.63) is 0 Å². The standard InChI is InChI=1S/C14H30/c1-8-11(3)10-13(12(4)9-2)14(5,6)7/h11-13H,8-10H2,1-7H3. The first kappa shape index (κ1) is 14.0. The van der Waals surface area contributed by atoms with Crippen LogP contribution in [0.2, 0.25) is 0 Å². The summed E-state index contributed by atoms with van der Waals surface area (Å²) in [4.78, 5) is 0. The van der Waals surface area contributed by atoms with Crippen LogP contribution in [0.25, 0.3) is 0 Å². The Morgan fingerprint density at radius 2 is 1.43 bits per heavy atom. The van der Waals surface area contributed by atoms with Gasteiger partial charge in [0, 0.05) is 0 Å². The van der Waals surface area contributed by atoms with Gasteiger partial charge >= 0.3 is 0 Å². The Hall–Kier alpha value is 0. The second-order valence-electron chi connectivity index (χ2n) is 6.11. The van der Waals surface area contributed by atoms with E-state index in [1.807, 2.05) is 0 Å². The summed E-state index contributed by atoms with van der Waals surface area (Å²) in [6, 6.07) is 0. The van der Waals surface area contributed by atoms with Crippen molar-refractivity contribution in [3.8, 4) is 0 Å². The average Bonchev–Trinajstić information content (AvgIpc) is 2.10. The van der Waals surface area contributed by atoms with Crippen molar-refractivity contribution in [2.24, 2.45) is 23.2 Å². The molecule has 3 atom stereocenters. The molecule has 0 aliphatic carbocycles. The fraction of sp³-hybridized carbons (Fsp3) is 1.00. The maximum absolute atomic E-state index is 2.41. The highest BCUT2D eigenvalue weighted by Gasteiger charge is 2.29. The van der Waals surface area contributed by atoms with Gasteiger partial charge in [0.1, 0.15) is 0 Å². The molecule has 0 aromatic carbocycles. The van der Waals surface area contributed by atoms with Gasteiger partial charge in [-0.3, -0.25) is 0 Å². The highest BCUT2D eigenvalue weighted by Crippen LogP contribution is 2.38. The van der Waals surface area contributed by atoms with E-state index in [2.05, 4.69) is 48.5 Å². The van der Waals surface area contributed by atoms with Crippen LogP contribution in [0.3, 0.4) is 0 Å². The lowest BCUT2D eigenvalue weighted by Gasteiger charge is -2.37. The van der Waals surface area contributed by atoms with E-state index in [1.165, 1.54) is 19.3 Å². The number of rotatable bonds is 5. The molecular formula is C14H30. The number of hydrogen-bond donors (Lipinski definition) is 0. The molecule has 0 aromatic heterocycles. The van der Waals surface area contributed by atoms with Gasteiger partial charge in [-0.1, -0.05) is 61.3 Å². The molecule has 0 N–H and O–H groups in total. The van der Waals surface area contributed by atoms with Crippen LogP contribution >= 0.6 is 0 Å². The van der Waals surface area contributed by atoms with E-state index >= 15 is 0 Å². The van der Waals surface area contributed by atoms with Gasteiger partial charge in [0.15, 0.2) is 0 Å². The van der Waals surface area contributed by atoms with Crippen molar-refractivity contribution in [1.29, 1.82) is 0 Å². The molecule has 0 amide bonds. The predicted octanol–water partition coefficient (Wildman–Crippen LogP) is 5.13. The third-order valence-electron chi connectivity index (χ3n) is 3.80. The Bertz CT molecular complexity index is 141. The monoisotopic (exact) mass is 198 g/mol. The van der Waals surface area contributed by atoms with Crippen LogP contribution in [-0.2, 0) is 0 Å². The third kappa shape index (κ3) is 4.48. The lowest BCUT2D eigenvalue weighted by atomic mass is 9.69. The Morgan fingerprint density at radius 1 is 0.929 bits per heavy atom. The van der Waals surface area contributed by atoms with Gasteiger partial charge in [0.05, 0.1) is 0 Å². The molecule has 0 spiro atoms. The lowest BCUT2D eigenvalue weighted by molar-refractivity contribution is 0.132. The molecule has 3 unspecified atom stereocenters. The van der Waals surface area contributed by atoms with E-state index in [0.717, 1.165) is 17.8 Å². The van der Waals surface area contributed by atoms with E-state index in [-0.39, 0.29) is 0 Å². The zero-order valence-electron chi connectivity index (χ0n) is 11.4. The first-order valence-electron chi connectivity index (χ1n) is 6.32. The molecule has 0 aliphatic rings. The fourth-order valence-corrected chi connectivity index (χ4v) is 2.32. The molecule has 0 heteroatoms. The lowest BCUT2D eigenvalue weighted by Crippen LogP contribution is -2.28. The van der Waals surface area contributed by atoms with E-state index in [4.69, 9.17) is 0 Å². The highest BCUT2D eigenvalue weighted by atomic mass is 14.3. The molecule has 0 bridgehead atoms. The van der Waals surface area contributed by atoms with Gasteiger partial charge in [-0.25, -0.2) is 0 Å². The largest absolute Gasteiger partial charge is 0.0651 e. The minimum Gasteiger partial charge on any atom is -0.0651 e. The van der Waals surface area contributed by atoms with Crippen molar-refractivity contribution in [1.82, 2.24) is 0 Å². The van der Waals surface area contributed by atoms with Crippen LogP contribution in [0.5, 0.6) is 0 Å². The Labute approximate surface area is 91.5 Å². The summed E-state index contributed by atoms with van der Waals surface area (Å²) in [5.74, 6) is 2.62. The smallest absolute Gasteiger partial charge is 0.0337 e. The topological polar surface area (TPSA) is 0 Å². The van der Waals surface area contributed by atoms with E-state index in [0.29, 0.717) is 5.41 Å². The molecule has 14 heavy (non-hydrogen) atoms. The minimum absolute atomic E-state index is 0.471. The van der Waals surface area contributed by atoms with Crippen molar-refractivity contribution in [2.45, 2.75) is 67.7 Å². The molecule has 0 aliphatic heterocycles. The van der Waals surface area contributed by atoms with Crippen molar-refractivity contribution >= 4 is 0 Å². The first-order chi connectivity index (χ1) is 6.32. The summed E-state index contributed by atoms with van der Waals surface area (Å²) in [6.07, 6.45) is 4.04. The summed E-state index contributed by atoms with van der Waals surface area (Å²) in [6.45, 7) is 16.6. The van der Waals surface area contributed by atoms with E-state index in [1.54, 1.807) is 0 Å². The van der Waals surface area contributed by atoms with Gasteiger partial charge in [-0.15, -0.1) is 0 Å². The highest BCUT2D eigenvalue weighted by molar-refractivity contribution is 4.79. The van der Waals surface area contributed by atoms with Crippen LogP contribution in [-0.4, -0.2) is 0 Å². The normalized spacial score (nSPS) is 19.1. The Morgan fingerprint density at radius 3 is 1.71 bits per heavy atom. The fourth-order valence-electron chi connectivity index (χ4n) is 2.32. The van der Waals surface area contributed by atoms with Crippen LogP contribution in [0.4, 0.5) is 0 Å². The molecular weight excluding hydrogens is 168 g/mol. The average molecular weight is 198 g/mol. The molecule has 86 valence electrons. The summed E-state index contributed by atoms with van der Waals surface area (Å²) in [5, 5.41) is 0. The summed E-state index contributed by atoms with van der Waals surface area (Å²) >= 11 is 0. The molecule has 0 rings (SSSR count). The summed E-state index contributed by atoms with van der Waals surface area (Å²) < 4.78 is 0. The molecule has 0 radical (unpaired) electrons. The van der Waals surface area contributed by atoms with Gasteiger partial charge < -0.3 is 0 Å². The predicted molar refractivity (Wildman–Crippen MR) is 66.5 cm³/mol. The maximum atomic E-state index is 2.41. The SMILES string of the molecule is CCC(C)CC(C(C)CC)C(C)(C)C. The van der Waals surface area contributed by atoms with Crippen LogP contribution < -0.4 is 0 Å².